The summed E-state index contributed by atoms with van der Waals surface area (Å²) in [6.07, 6.45) is 0. The van der Waals surface area contributed by atoms with Crippen molar-refractivity contribution in [1.82, 2.24) is 0 Å². The predicted molar refractivity (Wildman–Crippen MR) is 66.1 cm³/mol. The molecule has 0 amide bonds. The Balaban J connectivity index is 2.58. The van der Waals surface area contributed by atoms with Gasteiger partial charge < -0.3 is 5.11 Å². The third-order valence-corrected chi connectivity index (χ3v) is 3.49. The van der Waals surface area contributed by atoms with Crippen LogP contribution in [0.25, 0.3) is 0 Å². The number of carboxylic acids is 1. The van der Waals surface area contributed by atoms with Gasteiger partial charge in [-0.15, -0.1) is 0 Å². The first kappa shape index (κ1) is 13.5. The van der Waals surface area contributed by atoms with Crippen molar-refractivity contribution in [3.63, 3.8) is 0 Å². The molecule has 5 nitrogen and oxygen atoms in total. The van der Waals surface area contributed by atoms with Gasteiger partial charge in [-0.1, -0.05) is 25.1 Å². The zero-order chi connectivity index (χ0) is 12.8. The summed E-state index contributed by atoms with van der Waals surface area (Å²) in [5.74, 6) is -0.390. The van der Waals surface area contributed by atoms with Crippen molar-refractivity contribution in [2.75, 3.05) is 5.75 Å². The molecule has 0 aliphatic carbocycles. The van der Waals surface area contributed by atoms with Crippen LogP contribution in [-0.4, -0.2) is 21.8 Å². The molecule has 0 saturated heterocycles. The van der Waals surface area contributed by atoms with Crippen LogP contribution < -0.4 is 0 Å². The smallest absolute Gasteiger partial charge is 0.307 e. The zero-order valence-corrected chi connectivity index (χ0v) is 10.1. The lowest BCUT2D eigenvalue weighted by atomic mass is 10.2. The van der Waals surface area contributed by atoms with Crippen LogP contribution in [0.15, 0.2) is 24.3 Å². The molecule has 0 radical (unpaired) electrons. The maximum atomic E-state index is 10.7. The van der Waals surface area contributed by atoms with E-state index in [2.05, 4.69) is 0 Å². The Morgan fingerprint density at radius 3 is 2.76 bits per heavy atom. The minimum absolute atomic E-state index is 0.0861. The number of rotatable bonds is 6. The number of para-hydroxylation sites is 1. The lowest BCUT2D eigenvalue weighted by molar-refractivity contribution is -0.385. The van der Waals surface area contributed by atoms with Gasteiger partial charge in [-0.3, -0.25) is 14.9 Å². The SMILES string of the molecule is CC(CSCc1ccccc1[N+](=O)[O-])C(=O)O. The maximum absolute atomic E-state index is 10.7. The Labute approximate surface area is 103 Å². The van der Waals surface area contributed by atoms with E-state index in [0.717, 1.165) is 0 Å². The van der Waals surface area contributed by atoms with E-state index in [1.165, 1.54) is 17.8 Å². The van der Waals surface area contributed by atoms with Gasteiger partial charge in [0.1, 0.15) is 0 Å². The Bertz CT molecular complexity index is 422. The van der Waals surface area contributed by atoms with Crippen molar-refractivity contribution in [3.05, 3.63) is 39.9 Å². The lowest BCUT2D eigenvalue weighted by Gasteiger charge is -2.06. The molecule has 0 heterocycles. The van der Waals surface area contributed by atoms with E-state index < -0.39 is 16.8 Å². The average Bonchev–Trinajstić information content (AvgIpc) is 2.29. The molecule has 0 spiro atoms. The average molecular weight is 255 g/mol. The molecule has 1 aromatic rings. The van der Waals surface area contributed by atoms with Crippen LogP contribution in [-0.2, 0) is 10.5 Å². The molecule has 17 heavy (non-hydrogen) atoms. The fourth-order valence-electron chi connectivity index (χ4n) is 1.23. The second-order valence-corrected chi connectivity index (χ2v) is 4.67. The van der Waals surface area contributed by atoms with Gasteiger partial charge in [-0.05, 0) is 0 Å². The maximum Gasteiger partial charge on any atom is 0.307 e. The quantitative estimate of drug-likeness (QED) is 0.624. The third kappa shape index (κ3) is 4.07. The minimum atomic E-state index is -0.847. The van der Waals surface area contributed by atoms with Gasteiger partial charge in [-0.25, -0.2) is 0 Å². The summed E-state index contributed by atoms with van der Waals surface area (Å²) in [5.41, 5.74) is 0.711. The van der Waals surface area contributed by atoms with Crippen molar-refractivity contribution < 1.29 is 14.8 Å². The molecule has 1 unspecified atom stereocenters. The first-order valence-electron chi connectivity index (χ1n) is 5.05. The summed E-state index contributed by atoms with van der Waals surface area (Å²) >= 11 is 1.39. The largest absolute Gasteiger partial charge is 0.481 e. The Kier molecular flexibility index (Phi) is 4.96. The summed E-state index contributed by atoms with van der Waals surface area (Å²) < 4.78 is 0. The molecule has 0 fully saturated rings. The van der Waals surface area contributed by atoms with Gasteiger partial charge in [-0.2, -0.15) is 11.8 Å². The highest BCUT2D eigenvalue weighted by Gasteiger charge is 2.14. The number of nitro benzene ring substituents is 1. The van der Waals surface area contributed by atoms with Gasteiger partial charge in [0.15, 0.2) is 0 Å². The van der Waals surface area contributed by atoms with Crippen LogP contribution in [0.2, 0.25) is 0 Å². The van der Waals surface area contributed by atoms with Crippen LogP contribution in [0.4, 0.5) is 5.69 Å². The number of thioether (sulfide) groups is 1. The molecule has 0 aromatic heterocycles. The summed E-state index contributed by atoms with van der Waals surface area (Å²) in [6, 6.07) is 6.50. The third-order valence-electron chi connectivity index (χ3n) is 2.24. The van der Waals surface area contributed by atoms with E-state index >= 15 is 0 Å². The van der Waals surface area contributed by atoms with Crippen molar-refractivity contribution in [2.24, 2.45) is 5.92 Å². The predicted octanol–water partition coefficient (Wildman–Crippen LogP) is 2.55. The number of hydrogen-bond acceptors (Lipinski definition) is 4. The molecule has 1 atom stereocenters. The summed E-state index contributed by atoms with van der Waals surface area (Å²) in [7, 11) is 0. The molecular formula is C11H13NO4S. The van der Waals surface area contributed by atoms with Crippen LogP contribution in [0, 0.1) is 16.0 Å². The van der Waals surface area contributed by atoms with E-state index in [4.69, 9.17) is 5.11 Å². The van der Waals surface area contributed by atoms with Crippen LogP contribution in [0.1, 0.15) is 12.5 Å². The number of carboxylic acid groups (broad SMARTS) is 1. The van der Waals surface area contributed by atoms with Crippen molar-refractivity contribution in [2.45, 2.75) is 12.7 Å². The number of benzene rings is 1. The number of nitro groups is 1. The fraction of sp³-hybridized carbons (Fsp3) is 0.364. The highest BCUT2D eigenvalue weighted by molar-refractivity contribution is 7.98. The molecule has 6 heteroatoms. The van der Waals surface area contributed by atoms with Crippen LogP contribution >= 0.6 is 11.8 Å². The second kappa shape index (κ2) is 6.24. The molecule has 0 aliphatic heterocycles. The molecule has 92 valence electrons. The number of carbonyl (C=O) groups is 1. The second-order valence-electron chi connectivity index (χ2n) is 3.64. The molecule has 0 saturated carbocycles. The van der Waals surface area contributed by atoms with E-state index in [1.807, 2.05) is 0 Å². The normalized spacial score (nSPS) is 12.1. The Hall–Kier alpha value is -1.56. The topological polar surface area (TPSA) is 80.4 Å². The summed E-state index contributed by atoms with van der Waals surface area (Å²) in [5, 5.41) is 19.4. The lowest BCUT2D eigenvalue weighted by Crippen LogP contribution is -2.11. The van der Waals surface area contributed by atoms with E-state index in [0.29, 0.717) is 17.1 Å². The van der Waals surface area contributed by atoms with Crippen molar-refractivity contribution >= 4 is 23.4 Å². The molecule has 0 aliphatic rings. The number of hydrogen-bond donors (Lipinski definition) is 1. The summed E-state index contributed by atoms with van der Waals surface area (Å²) in [6.45, 7) is 1.62. The van der Waals surface area contributed by atoms with Gasteiger partial charge in [0.25, 0.3) is 5.69 Å². The van der Waals surface area contributed by atoms with E-state index in [9.17, 15) is 14.9 Å². The van der Waals surface area contributed by atoms with Gasteiger partial charge in [0.05, 0.1) is 10.8 Å². The van der Waals surface area contributed by atoms with Crippen LogP contribution in [0.3, 0.4) is 0 Å². The molecule has 0 bridgehead atoms. The van der Waals surface area contributed by atoms with Gasteiger partial charge in [0.2, 0.25) is 0 Å². The van der Waals surface area contributed by atoms with Gasteiger partial charge in [0, 0.05) is 23.1 Å². The number of aliphatic carboxylic acids is 1. The fourth-order valence-corrected chi connectivity index (χ4v) is 2.31. The molecular weight excluding hydrogens is 242 g/mol. The standard InChI is InChI=1S/C11H13NO4S/c1-8(11(13)14)6-17-7-9-4-2-3-5-10(9)12(15)16/h2-5,8H,6-7H2,1H3,(H,13,14). The molecule has 1 N–H and O–H groups in total. The van der Waals surface area contributed by atoms with E-state index in [1.54, 1.807) is 25.1 Å². The van der Waals surface area contributed by atoms with Gasteiger partial charge >= 0.3 is 5.97 Å². The van der Waals surface area contributed by atoms with Crippen molar-refractivity contribution in [1.29, 1.82) is 0 Å². The highest BCUT2D eigenvalue weighted by Crippen LogP contribution is 2.23. The first-order chi connectivity index (χ1) is 8.02. The molecule has 1 aromatic carbocycles. The minimum Gasteiger partial charge on any atom is -0.481 e. The first-order valence-corrected chi connectivity index (χ1v) is 6.20. The Morgan fingerprint density at radius 1 is 1.53 bits per heavy atom. The van der Waals surface area contributed by atoms with Crippen molar-refractivity contribution in [3.8, 4) is 0 Å². The summed E-state index contributed by atoms with van der Waals surface area (Å²) in [4.78, 5) is 20.9. The monoisotopic (exact) mass is 255 g/mol. The highest BCUT2D eigenvalue weighted by atomic mass is 32.2. The molecule has 1 rings (SSSR count). The number of nitrogens with zero attached hydrogens (tertiary/aromatic N) is 1. The van der Waals surface area contributed by atoms with E-state index in [-0.39, 0.29) is 5.69 Å². The Morgan fingerprint density at radius 2 is 2.18 bits per heavy atom. The van der Waals surface area contributed by atoms with Crippen LogP contribution in [0.5, 0.6) is 0 Å². The zero-order valence-electron chi connectivity index (χ0n) is 9.33.